The highest BCUT2D eigenvalue weighted by Gasteiger charge is 2.63. The molecule has 6 rings (SSSR count). The lowest BCUT2D eigenvalue weighted by Crippen LogP contribution is -2.61. The Morgan fingerprint density at radius 1 is 0.848 bits per heavy atom. The van der Waals surface area contributed by atoms with Gasteiger partial charge < -0.3 is 18.9 Å². The van der Waals surface area contributed by atoms with Gasteiger partial charge in [-0.3, -0.25) is 19.2 Å². The summed E-state index contributed by atoms with van der Waals surface area (Å²) < 4.78 is 23.5. The molecule has 0 radical (unpaired) electrons. The van der Waals surface area contributed by atoms with Gasteiger partial charge in [0.25, 0.3) is 0 Å². The van der Waals surface area contributed by atoms with Crippen LogP contribution in [0, 0.1) is 51.8 Å². The minimum atomic E-state index is -0.924. The summed E-state index contributed by atoms with van der Waals surface area (Å²) in [7, 11) is 0. The number of Topliss-reactive ketones (excluding diaryl/α,β-unsaturated/α-hetero) is 1. The molecular weight excluding hydrogens is 584 g/mol. The number of carbonyl (C=O) groups excluding carboxylic acids is 4. The van der Waals surface area contributed by atoms with Crippen LogP contribution >= 0.6 is 0 Å². The van der Waals surface area contributed by atoms with E-state index in [1.165, 1.54) is 27.2 Å². The first-order valence-corrected chi connectivity index (χ1v) is 18.0. The van der Waals surface area contributed by atoms with Gasteiger partial charge in [-0.05, 0) is 104 Å². The summed E-state index contributed by atoms with van der Waals surface area (Å²) in [5.41, 5.74) is 2.06. The van der Waals surface area contributed by atoms with Gasteiger partial charge in [-0.1, -0.05) is 45.8 Å². The molecule has 1 heterocycles. The maximum absolute atomic E-state index is 12.8. The Morgan fingerprint density at radius 3 is 2.22 bits per heavy atom. The van der Waals surface area contributed by atoms with Gasteiger partial charge >= 0.3 is 17.9 Å². The highest BCUT2D eigenvalue weighted by Crippen LogP contribution is 2.70. The van der Waals surface area contributed by atoms with E-state index in [-0.39, 0.29) is 28.8 Å². The smallest absolute Gasteiger partial charge is 0.303 e. The Morgan fingerprint density at radius 2 is 1.52 bits per heavy atom. The normalized spacial score (nSPS) is 46.8. The lowest BCUT2D eigenvalue weighted by molar-refractivity contribution is -0.232. The SMILES string of the molecule is CC(=O)OC1COC(CC23CCC(C)CC2C2=CCC4C(C)(CCC5C(C)C(=O)CCC54C)C2CC3)C(OC(C)=O)C1OC(C)=O. The number of rotatable bonds is 5. The fourth-order valence-electron chi connectivity index (χ4n) is 12.1. The zero-order valence-electron chi connectivity index (χ0n) is 29.1. The molecule has 5 fully saturated rings. The maximum atomic E-state index is 12.8. The summed E-state index contributed by atoms with van der Waals surface area (Å²) in [4.78, 5) is 49.3. The zero-order valence-corrected chi connectivity index (χ0v) is 29.1. The van der Waals surface area contributed by atoms with Gasteiger partial charge in [0.05, 0.1) is 12.7 Å². The second-order valence-electron chi connectivity index (χ2n) is 16.7. The predicted octanol–water partition coefficient (Wildman–Crippen LogP) is 6.77. The fraction of sp³-hybridized carbons (Fsp3) is 0.842. The van der Waals surface area contributed by atoms with E-state index >= 15 is 0 Å². The van der Waals surface area contributed by atoms with Crippen LogP contribution in [-0.2, 0) is 38.1 Å². The van der Waals surface area contributed by atoms with Crippen LogP contribution in [0.2, 0.25) is 0 Å². The number of carbonyl (C=O) groups is 4. The van der Waals surface area contributed by atoms with Gasteiger partial charge in [0.1, 0.15) is 5.78 Å². The quantitative estimate of drug-likeness (QED) is 0.184. The Balaban J connectivity index is 1.31. The summed E-state index contributed by atoms with van der Waals surface area (Å²) in [6, 6.07) is 0. The van der Waals surface area contributed by atoms with E-state index in [4.69, 9.17) is 18.9 Å². The minimum absolute atomic E-state index is 0.0109. The topological polar surface area (TPSA) is 105 Å². The molecule has 0 spiro atoms. The monoisotopic (exact) mass is 640 g/mol. The van der Waals surface area contributed by atoms with Gasteiger partial charge in [-0.15, -0.1) is 0 Å². The first-order valence-electron chi connectivity index (χ1n) is 18.0. The van der Waals surface area contributed by atoms with E-state index in [1.54, 1.807) is 5.57 Å². The van der Waals surface area contributed by atoms with Crippen molar-refractivity contribution in [3.63, 3.8) is 0 Å². The number of ether oxygens (including phenoxy) is 4. The molecule has 0 bridgehead atoms. The predicted molar refractivity (Wildman–Crippen MR) is 171 cm³/mol. The molecule has 6 aliphatic rings. The van der Waals surface area contributed by atoms with Crippen LogP contribution in [0.25, 0.3) is 0 Å². The molecule has 5 aliphatic carbocycles. The van der Waals surface area contributed by atoms with Gasteiger partial charge in [-0.25, -0.2) is 0 Å². The Kier molecular flexibility index (Phi) is 9.04. The van der Waals surface area contributed by atoms with Crippen molar-refractivity contribution >= 4 is 23.7 Å². The van der Waals surface area contributed by atoms with E-state index in [0.29, 0.717) is 41.8 Å². The van der Waals surface area contributed by atoms with E-state index in [0.717, 1.165) is 57.8 Å². The standard InChI is InChI=1S/C38H56O8/c1-21-10-16-38(19-31-34(45-24(4)40)35(46-25(5)41)32(20-43-31)44-23(3)39)17-12-28-26(29(38)18-21)8-9-33-36(6)15-13-30(42)22(2)27(36)11-14-37(28,33)7/h8,21-22,27-29,31-35H,9-20H2,1-7H3. The molecule has 256 valence electrons. The van der Waals surface area contributed by atoms with Crippen molar-refractivity contribution in [2.24, 2.45) is 51.8 Å². The van der Waals surface area contributed by atoms with Crippen molar-refractivity contribution < 1.29 is 38.1 Å². The minimum Gasteiger partial charge on any atom is -0.456 e. The largest absolute Gasteiger partial charge is 0.456 e. The average molecular weight is 641 g/mol. The van der Waals surface area contributed by atoms with Crippen LogP contribution in [0.3, 0.4) is 0 Å². The van der Waals surface area contributed by atoms with Gasteiger partial charge in [0.15, 0.2) is 18.3 Å². The van der Waals surface area contributed by atoms with Crippen molar-refractivity contribution in [3.05, 3.63) is 11.6 Å². The number of hydrogen-bond donors (Lipinski definition) is 0. The second-order valence-corrected chi connectivity index (χ2v) is 16.7. The van der Waals surface area contributed by atoms with E-state index < -0.39 is 42.3 Å². The average Bonchev–Trinajstić information content (AvgIpc) is 2.97. The molecule has 0 aromatic heterocycles. The third-order valence-electron chi connectivity index (χ3n) is 14.1. The molecule has 13 unspecified atom stereocenters. The highest BCUT2D eigenvalue weighted by molar-refractivity contribution is 5.82. The molecule has 0 aromatic carbocycles. The van der Waals surface area contributed by atoms with Gasteiger partial charge in [0.2, 0.25) is 0 Å². The van der Waals surface area contributed by atoms with E-state index in [9.17, 15) is 19.2 Å². The van der Waals surface area contributed by atoms with Crippen LogP contribution in [-0.4, -0.2) is 54.7 Å². The van der Waals surface area contributed by atoms with Crippen molar-refractivity contribution in [1.29, 1.82) is 0 Å². The van der Waals surface area contributed by atoms with Crippen LogP contribution < -0.4 is 0 Å². The molecule has 1 aliphatic heterocycles. The molecule has 0 N–H and O–H groups in total. The summed E-state index contributed by atoms with van der Waals surface area (Å²) in [5, 5.41) is 0. The third-order valence-corrected chi connectivity index (χ3v) is 14.1. The molecule has 8 heteroatoms. The summed E-state index contributed by atoms with van der Waals surface area (Å²) in [5.74, 6) is 1.80. The number of hydrogen-bond acceptors (Lipinski definition) is 8. The summed E-state index contributed by atoms with van der Waals surface area (Å²) >= 11 is 0. The Hall–Kier alpha value is -2.22. The van der Waals surface area contributed by atoms with Crippen molar-refractivity contribution in [1.82, 2.24) is 0 Å². The number of ketones is 1. The van der Waals surface area contributed by atoms with Crippen LogP contribution in [0.4, 0.5) is 0 Å². The molecule has 1 saturated heterocycles. The molecule has 13 atom stereocenters. The number of fused-ring (bicyclic) bond motifs is 7. The first-order chi connectivity index (χ1) is 21.7. The van der Waals surface area contributed by atoms with Gasteiger partial charge in [-0.2, -0.15) is 0 Å². The summed E-state index contributed by atoms with van der Waals surface area (Å²) in [6.45, 7) is 13.7. The third kappa shape index (κ3) is 5.66. The van der Waals surface area contributed by atoms with Crippen LogP contribution in [0.15, 0.2) is 11.6 Å². The zero-order chi connectivity index (χ0) is 33.2. The second kappa shape index (κ2) is 12.3. The van der Waals surface area contributed by atoms with Crippen molar-refractivity contribution in [2.75, 3.05) is 6.61 Å². The number of allylic oxidation sites excluding steroid dienone is 2. The Bertz CT molecular complexity index is 1270. The molecule has 0 amide bonds. The van der Waals surface area contributed by atoms with Crippen molar-refractivity contribution in [2.45, 2.75) is 144 Å². The Labute approximate surface area is 275 Å². The fourth-order valence-corrected chi connectivity index (χ4v) is 12.1. The lowest BCUT2D eigenvalue weighted by Gasteiger charge is -2.66. The van der Waals surface area contributed by atoms with Crippen LogP contribution in [0.5, 0.6) is 0 Å². The molecule has 46 heavy (non-hydrogen) atoms. The lowest BCUT2D eigenvalue weighted by atomic mass is 9.38. The summed E-state index contributed by atoms with van der Waals surface area (Å²) in [6.07, 6.45) is 11.0. The molecule has 8 nitrogen and oxygen atoms in total. The first kappa shape index (κ1) is 33.7. The van der Waals surface area contributed by atoms with E-state index in [2.05, 4.69) is 33.8 Å². The van der Waals surface area contributed by atoms with E-state index in [1.807, 2.05) is 0 Å². The molecule has 0 aromatic rings. The van der Waals surface area contributed by atoms with Crippen molar-refractivity contribution in [3.8, 4) is 0 Å². The molecule has 4 saturated carbocycles. The molecular formula is C38H56O8. The van der Waals surface area contributed by atoms with Crippen LogP contribution in [0.1, 0.15) is 119 Å². The highest BCUT2D eigenvalue weighted by atomic mass is 16.6. The van der Waals surface area contributed by atoms with Gasteiger partial charge in [0, 0.05) is 33.1 Å². The number of esters is 3. The maximum Gasteiger partial charge on any atom is 0.303 e.